The van der Waals surface area contributed by atoms with Crippen molar-refractivity contribution in [1.82, 2.24) is 19.7 Å². The number of nitrogens with one attached hydrogen (secondary N) is 1. The van der Waals surface area contributed by atoms with E-state index in [-0.39, 0.29) is 18.0 Å². The summed E-state index contributed by atoms with van der Waals surface area (Å²) in [4.78, 5) is 29.4. The number of carbonyl (C=O) groups excluding carboxylic acids is 1. The number of aromatic nitrogens is 4. The Labute approximate surface area is 166 Å². The SMILES string of the molecule is O=C(Cn1cnc2sccc2c1=O)Nc1nnc(SCc2ccccc2)s1. The molecule has 27 heavy (non-hydrogen) atoms. The Morgan fingerprint density at radius 2 is 2.04 bits per heavy atom. The van der Waals surface area contributed by atoms with Gasteiger partial charge in [-0.05, 0) is 17.0 Å². The normalized spacial score (nSPS) is 11.0. The summed E-state index contributed by atoms with van der Waals surface area (Å²) in [6.45, 7) is -0.121. The van der Waals surface area contributed by atoms with Crippen LogP contribution in [-0.4, -0.2) is 25.7 Å². The molecule has 1 aromatic carbocycles. The summed E-state index contributed by atoms with van der Waals surface area (Å²) in [7, 11) is 0. The van der Waals surface area contributed by atoms with Gasteiger partial charge in [-0.25, -0.2) is 4.98 Å². The van der Waals surface area contributed by atoms with Crippen molar-refractivity contribution in [3.63, 3.8) is 0 Å². The zero-order valence-corrected chi connectivity index (χ0v) is 16.3. The molecule has 4 aromatic rings. The second-order valence-electron chi connectivity index (χ2n) is 5.51. The van der Waals surface area contributed by atoms with Crippen molar-refractivity contribution in [3.05, 3.63) is 64.0 Å². The van der Waals surface area contributed by atoms with Crippen molar-refractivity contribution < 1.29 is 4.79 Å². The molecular weight excluding hydrogens is 402 g/mol. The average Bonchev–Trinajstić information content (AvgIpc) is 3.33. The molecule has 0 fully saturated rings. The van der Waals surface area contributed by atoms with Crippen LogP contribution in [0.3, 0.4) is 0 Å². The molecule has 7 nitrogen and oxygen atoms in total. The monoisotopic (exact) mass is 415 g/mol. The van der Waals surface area contributed by atoms with Gasteiger partial charge in [-0.2, -0.15) is 0 Å². The maximum atomic E-state index is 12.3. The minimum atomic E-state index is -0.343. The van der Waals surface area contributed by atoms with E-state index in [2.05, 4.69) is 20.5 Å². The highest BCUT2D eigenvalue weighted by Gasteiger charge is 2.12. The van der Waals surface area contributed by atoms with E-state index in [0.29, 0.717) is 15.3 Å². The Hall–Kier alpha value is -2.56. The summed E-state index contributed by atoms with van der Waals surface area (Å²) < 4.78 is 2.06. The molecule has 1 amide bonds. The highest BCUT2D eigenvalue weighted by Crippen LogP contribution is 2.28. The van der Waals surface area contributed by atoms with Gasteiger partial charge in [0.15, 0.2) is 4.34 Å². The number of hydrogen-bond acceptors (Lipinski definition) is 8. The maximum Gasteiger partial charge on any atom is 0.262 e. The Kier molecular flexibility index (Phi) is 5.28. The second kappa shape index (κ2) is 7.99. The summed E-state index contributed by atoms with van der Waals surface area (Å²) in [5.74, 6) is 0.440. The number of thiophene rings is 1. The lowest BCUT2D eigenvalue weighted by atomic mass is 10.2. The smallest absolute Gasteiger partial charge is 0.262 e. The van der Waals surface area contributed by atoms with E-state index in [9.17, 15) is 9.59 Å². The third-order valence-corrected chi connectivity index (χ3v) is 6.49. The largest absolute Gasteiger partial charge is 0.299 e. The standard InChI is InChI=1S/C17H13N5O2S3/c23-13(8-22-10-18-14-12(15(22)24)6-7-25-14)19-16-20-21-17(27-16)26-9-11-4-2-1-3-5-11/h1-7,10H,8-9H2,(H,19,20,23). The molecule has 0 aliphatic rings. The van der Waals surface area contributed by atoms with Gasteiger partial charge in [-0.3, -0.25) is 19.5 Å². The van der Waals surface area contributed by atoms with Crippen LogP contribution >= 0.6 is 34.4 Å². The van der Waals surface area contributed by atoms with Crippen LogP contribution in [0.5, 0.6) is 0 Å². The predicted molar refractivity (Wildman–Crippen MR) is 108 cm³/mol. The first-order chi connectivity index (χ1) is 13.2. The summed E-state index contributed by atoms with van der Waals surface area (Å²) in [5, 5.41) is 13.5. The van der Waals surface area contributed by atoms with E-state index in [1.807, 2.05) is 30.3 Å². The van der Waals surface area contributed by atoms with Gasteiger partial charge in [-0.1, -0.05) is 53.4 Å². The van der Waals surface area contributed by atoms with Crippen molar-refractivity contribution in [3.8, 4) is 0 Å². The van der Waals surface area contributed by atoms with Gasteiger partial charge in [0.1, 0.15) is 11.4 Å². The number of amides is 1. The van der Waals surface area contributed by atoms with Gasteiger partial charge in [0, 0.05) is 5.75 Å². The maximum absolute atomic E-state index is 12.3. The van der Waals surface area contributed by atoms with Crippen LogP contribution < -0.4 is 10.9 Å². The second-order valence-corrected chi connectivity index (χ2v) is 8.61. The molecule has 0 radical (unpaired) electrons. The molecular formula is C17H13N5O2S3. The van der Waals surface area contributed by atoms with Crippen LogP contribution in [0.15, 0.2) is 57.2 Å². The molecule has 0 atom stereocenters. The van der Waals surface area contributed by atoms with E-state index < -0.39 is 0 Å². The van der Waals surface area contributed by atoms with Gasteiger partial charge in [0.05, 0.1) is 11.7 Å². The summed E-state index contributed by atoms with van der Waals surface area (Å²) in [6.07, 6.45) is 1.39. The van der Waals surface area contributed by atoms with Crippen molar-refractivity contribution in [2.75, 3.05) is 5.32 Å². The highest BCUT2D eigenvalue weighted by molar-refractivity contribution is 8.00. The van der Waals surface area contributed by atoms with Gasteiger partial charge in [-0.15, -0.1) is 21.5 Å². The average molecular weight is 416 g/mol. The molecule has 0 aliphatic heterocycles. The van der Waals surface area contributed by atoms with Gasteiger partial charge in [0.25, 0.3) is 5.56 Å². The third-order valence-electron chi connectivity index (χ3n) is 3.62. The Bertz CT molecular complexity index is 1140. The Balaban J connectivity index is 1.37. The van der Waals surface area contributed by atoms with Crippen LogP contribution in [0.2, 0.25) is 0 Å². The number of nitrogens with zero attached hydrogens (tertiary/aromatic N) is 4. The molecule has 0 bridgehead atoms. The highest BCUT2D eigenvalue weighted by atomic mass is 32.2. The van der Waals surface area contributed by atoms with Gasteiger partial charge >= 0.3 is 0 Å². The van der Waals surface area contributed by atoms with Crippen molar-refractivity contribution in [2.45, 2.75) is 16.6 Å². The first-order valence-electron chi connectivity index (χ1n) is 7.92. The first kappa shape index (κ1) is 17.8. The summed E-state index contributed by atoms with van der Waals surface area (Å²) in [6, 6.07) is 11.8. The molecule has 3 aromatic heterocycles. The number of hydrogen-bond donors (Lipinski definition) is 1. The zero-order valence-electron chi connectivity index (χ0n) is 13.9. The zero-order chi connectivity index (χ0) is 18.6. The van der Waals surface area contributed by atoms with E-state index in [1.165, 1.54) is 39.1 Å². The number of rotatable bonds is 6. The summed E-state index contributed by atoms with van der Waals surface area (Å²) >= 11 is 4.26. The van der Waals surface area contributed by atoms with Crippen molar-refractivity contribution in [2.24, 2.45) is 0 Å². The van der Waals surface area contributed by atoms with Crippen LogP contribution in [0.25, 0.3) is 10.2 Å². The molecule has 0 saturated heterocycles. The number of benzene rings is 1. The summed E-state index contributed by atoms with van der Waals surface area (Å²) in [5.41, 5.74) is 0.965. The van der Waals surface area contributed by atoms with Crippen LogP contribution in [-0.2, 0) is 17.1 Å². The lowest BCUT2D eigenvalue weighted by molar-refractivity contribution is -0.116. The lowest BCUT2D eigenvalue weighted by Gasteiger charge is -2.04. The molecule has 3 heterocycles. The van der Waals surface area contributed by atoms with Crippen molar-refractivity contribution >= 4 is 55.7 Å². The van der Waals surface area contributed by atoms with Gasteiger partial charge < -0.3 is 0 Å². The minimum Gasteiger partial charge on any atom is -0.299 e. The minimum absolute atomic E-state index is 0.121. The van der Waals surface area contributed by atoms with E-state index in [1.54, 1.807) is 23.2 Å². The topological polar surface area (TPSA) is 89.8 Å². The van der Waals surface area contributed by atoms with E-state index >= 15 is 0 Å². The number of fused-ring (bicyclic) bond motifs is 1. The lowest BCUT2D eigenvalue weighted by Crippen LogP contribution is -2.27. The quantitative estimate of drug-likeness (QED) is 0.384. The molecule has 4 rings (SSSR count). The van der Waals surface area contributed by atoms with Gasteiger partial charge in [0.2, 0.25) is 11.0 Å². The predicted octanol–water partition coefficient (Wildman–Crippen LogP) is 3.24. The molecule has 136 valence electrons. The molecule has 0 saturated carbocycles. The molecule has 0 unspecified atom stereocenters. The fourth-order valence-corrected chi connectivity index (χ4v) is 4.80. The molecule has 0 aliphatic carbocycles. The fourth-order valence-electron chi connectivity index (χ4n) is 2.36. The Morgan fingerprint density at radius 1 is 1.19 bits per heavy atom. The van der Waals surface area contributed by atoms with Crippen LogP contribution in [0, 0.1) is 0 Å². The van der Waals surface area contributed by atoms with Crippen LogP contribution in [0.4, 0.5) is 5.13 Å². The van der Waals surface area contributed by atoms with E-state index in [0.717, 1.165) is 10.1 Å². The fraction of sp³-hybridized carbons (Fsp3) is 0.118. The molecule has 0 spiro atoms. The number of carbonyl (C=O) groups is 1. The third kappa shape index (κ3) is 4.24. The van der Waals surface area contributed by atoms with Crippen molar-refractivity contribution in [1.29, 1.82) is 0 Å². The number of thioether (sulfide) groups is 1. The first-order valence-corrected chi connectivity index (χ1v) is 10.6. The van der Waals surface area contributed by atoms with Crippen LogP contribution in [0.1, 0.15) is 5.56 Å². The molecule has 10 heteroatoms. The number of anilines is 1. The van der Waals surface area contributed by atoms with E-state index in [4.69, 9.17) is 0 Å². The Morgan fingerprint density at radius 3 is 2.89 bits per heavy atom. The molecule has 1 N–H and O–H groups in total.